The maximum Gasteiger partial charge on any atom is 0.255 e. The first-order chi connectivity index (χ1) is 6.96. The second-order valence-electron chi connectivity index (χ2n) is 4.29. The van der Waals surface area contributed by atoms with E-state index in [1.54, 1.807) is 6.92 Å². The number of alkyl halides is 2. The fourth-order valence-corrected chi connectivity index (χ4v) is 1.95. The second-order valence-corrected chi connectivity index (χ2v) is 4.29. The third-order valence-corrected chi connectivity index (χ3v) is 2.85. The van der Waals surface area contributed by atoms with E-state index in [9.17, 15) is 13.6 Å². The van der Waals surface area contributed by atoms with E-state index >= 15 is 0 Å². The molecule has 0 spiro atoms. The van der Waals surface area contributed by atoms with Crippen LogP contribution in [0.25, 0.3) is 0 Å². The van der Waals surface area contributed by atoms with Gasteiger partial charge in [-0.1, -0.05) is 0 Å². The summed E-state index contributed by atoms with van der Waals surface area (Å²) in [6.45, 7) is 2.08. The fraction of sp³-hybridized carbons (Fsp3) is 0.900. The summed E-state index contributed by atoms with van der Waals surface area (Å²) in [5, 5.41) is 3.11. The van der Waals surface area contributed by atoms with Gasteiger partial charge in [-0.15, -0.1) is 0 Å². The smallest absolute Gasteiger partial charge is 0.255 e. The highest BCUT2D eigenvalue weighted by Gasteiger charge is 2.36. The number of carbonyl (C=O) groups is 1. The molecule has 0 aliphatic carbocycles. The highest BCUT2D eigenvalue weighted by molar-refractivity contribution is 5.85. The Kier molecular flexibility index (Phi) is 4.02. The summed E-state index contributed by atoms with van der Waals surface area (Å²) in [7, 11) is 1.43. The summed E-state index contributed by atoms with van der Waals surface area (Å²) in [6.07, 6.45) is 0.268. The first-order valence-electron chi connectivity index (χ1n) is 5.24. The van der Waals surface area contributed by atoms with Gasteiger partial charge in [-0.05, 0) is 32.7 Å². The van der Waals surface area contributed by atoms with Crippen molar-refractivity contribution >= 4 is 5.91 Å². The van der Waals surface area contributed by atoms with E-state index in [1.165, 1.54) is 7.05 Å². The highest BCUT2D eigenvalue weighted by Crippen LogP contribution is 2.21. The van der Waals surface area contributed by atoms with Crippen molar-refractivity contribution in [1.29, 1.82) is 0 Å². The number of rotatable bonds is 3. The van der Waals surface area contributed by atoms with Crippen LogP contribution in [0.4, 0.5) is 8.78 Å². The number of carbonyl (C=O) groups excluding carboxylic acids is 1. The van der Waals surface area contributed by atoms with Crippen molar-refractivity contribution in [1.82, 2.24) is 10.2 Å². The third-order valence-electron chi connectivity index (χ3n) is 2.85. The monoisotopic (exact) mass is 220 g/mol. The minimum Gasteiger partial charge on any atom is -0.338 e. The minimum absolute atomic E-state index is 0.234. The number of hydrogen-bond donors (Lipinski definition) is 1. The molecule has 1 saturated heterocycles. The van der Waals surface area contributed by atoms with Crippen molar-refractivity contribution in [2.24, 2.45) is 0 Å². The van der Waals surface area contributed by atoms with E-state index in [4.69, 9.17) is 0 Å². The Morgan fingerprint density at radius 3 is 2.67 bits per heavy atom. The van der Waals surface area contributed by atoms with Gasteiger partial charge in [-0.3, -0.25) is 4.79 Å². The zero-order valence-corrected chi connectivity index (χ0v) is 9.22. The predicted octanol–water partition coefficient (Wildman–Crippen LogP) is 1.24. The number of piperidine rings is 1. The number of hydrogen-bond acceptors (Lipinski definition) is 2. The van der Waals surface area contributed by atoms with Crippen LogP contribution in [-0.2, 0) is 4.79 Å². The lowest BCUT2D eigenvalue weighted by Gasteiger charge is -2.36. The molecule has 15 heavy (non-hydrogen) atoms. The molecule has 1 unspecified atom stereocenters. The molecule has 0 radical (unpaired) electrons. The molecule has 0 bridgehead atoms. The lowest BCUT2D eigenvalue weighted by molar-refractivity contribution is -0.139. The van der Waals surface area contributed by atoms with Gasteiger partial charge in [-0.25, -0.2) is 8.78 Å². The number of amides is 1. The third kappa shape index (κ3) is 3.12. The van der Waals surface area contributed by atoms with Crippen LogP contribution in [0, 0.1) is 0 Å². The number of nitrogens with zero attached hydrogens (tertiary/aromatic N) is 1. The first kappa shape index (κ1) is 12.4. The molecule has 0 aromatic heterocycles. The molecule has 1 amide bonds. The van der Waals surface area contributed by atoms with Gasteiger partial charge in [0.1, 0.15) is 0 Å². The summed E-state index contributed by atoms with van der Waals surface area (Å²) in [5.41, 5.74) is -0.651. The summed E-state index contributed by atoms with van der Waals surface area (Å²) in [5.74, 6) is -0.234. The first-order valence-corrected chi connectivity index (χ1v) is 5.24. The summed E-state index contributed by atoms with van der Waals surface area (Å²) < 4.78 is 24.2. The van der Waals surface area contributed by atoms with Crippen LogP contribution >= 0.6 is 0 Å². The zero-order chi connectivity index (χ0) is 11.5. The van der Waals surface area contributed by atoms with Crippen LogP contribution in [0.15, 0.2) is 0 Å². The summed E-state index contributed by atoms with van der Waals surface area (Å²) >= 11 is 0. The van der Waals surface area contributed by atoms with Gasteiger partial charge < -0.3 is 10.2 Å². The molecule has 5 heteroatoms. The molecule has 1 aliphatic heterocycles. The number of likely N-dealkylation sites (N-methyl/N-ethyl adjacent to an activating group) is 1. The van der Waals surface area contributed by atoms with Crippen LogP contribution < -0.4 is 5.32 Å². The Hall–Kier alpha value is -0.710. The maximum atomic E-state index is 12.1. The molecule has 3 nitrogen and oxygen atoms in total. The molecule has 0 aromatic carbocycles. The van der Waals surface area contributed by atoms with Gasteiger partial charge in [0.25, 0.3) is 6.43 Å². The van der Waals surface area contributed by atoms with Crippen LogP contribution in [0.5, 0.6) is 0 Å². The van der Waals surface area contributed by atoms with Crippen molar-refractivity contribution in [3.63, 3.8) is 0 Å². The highest BCUT2D eigenvalue weighted by atomic mass is 19.3. The predicted molar refractivity (Wildman–Crippen MR) is 53.9 cm³/mol. The zero-order valence-electron chi connectivity index (χ0n) is 9.22. The summed E-state index contributed by atoms with van der Waals surface area (Å²) in [6, 6.07) is 0. The Labute approximate surface area is 88.8 Å². The van der Waals surface area contributed by atoms with Gasteiger partial charge in [0.05, 0.1) is 12.1 Å². The van der Waals surface area contributed by atoms with E-state index in [2.05, 4.69) is 5.32 Å². The van der Waals surface area contributed by atoms with E-state index in [-0.39, 0.29) is 5.91 Å². The lowest BCUT2D eigenvalue weighted by atomic mass is 9.89. The Morgan fingerprint density at radius 2 is 2.20 bits per heavy atom. The van der Waals surface area contributed by atoms with E-state index in [0.29, 0.717) is 0 Å². The molecule has 1 rings (SSSR count). The topological polar surface area (TPSA) is 32.3 Å². The van der Waals surface area contributed by atoms with Gasteiger partial charge >= 0.3 is 0 Å². The Morgan fingerprint density at radius 1 is 1.53 bits per heavy atom. The molecule has 1 N–H and O–H groups in total. The van der Waals surface area contributed by atoms with Crippen molar-refractivity contribution in [2.75, 3.05) is 20.1 Å². The minimum atomic E-state index is -2.47. The molecule has 1 atom stereocenters. The normalized spacial score (nSPS) is 26.7. The standard InChI is InChI=1S/C10H18F2N2O/c1-10(5-3-4-6-13-10)9(15)14(2)7-8(11)12/h8,13H,3-7H2,1-2H3. The van der Waals surface area contributed by atoms with Gasteiger partial charge in [0.15, 0.2) is 0 Å². The van der Waals surface area contributed by atoms with Crippen molar-refractivity contribution in [3.8, 4) is 0 Å². The SMILES string of the molecule is CN(CC(F)F)C(=O)C1(C)CCCCN1. The summed E-state index contributed by atoms with van der Waals surface area (Å²) in [4.78, 5) is 13.0. The van der Waals surface area contributed by atoms with Crippen molar-refractivity contribution in [2.45, 2.75) is 38.2 Å². The van der Waals surface area contributed by atoms with Crippen LogP contribution in [0.3, 0.4) is 0 Å². The molecular formula is C10H18F2N2O. The molecule has 0 aromatic rings. The van der Waals surface area contributed by atoms with Crippen LogP contribution in [0.2, 0.25) is 0 Å². The molecular weight excluding hydrogens is 202 g/mol. The number of nitrogens with one attached hydrogen (secondary N) is 1. The van der Waals surface area contributed by atoms with Crippen molar-refractivity contribution < 1.29 is 13.6 Å². The van der Waals surface area contributed by atoms with E-state index < -0.39 is 18.5 Å². The molecule has 1 fully saturated rings. The quantitative estimate of drug-likeness (QED) is 0.776. The number of halogens is 2. The van der Waals surface area contributed by atoms with Gasteiger partial charge in [-0.2, -0.15) is 0 Å². The molecule has 88 valence electrons. The fourth-order valence-electron chi connectivity index (χ4n) is 1.95. The largest absolute Gasteiger partial charge is 0.338 e. The second kappa shape index (κ2) is 4.88. The van der Waals surface area contributed by atoms with Gasteiger partial charge in [0.2, 0.25) is 5.91 Å². The lowest BCUT2D eigenvalue weighted by Crippen LogP contribution is -2.57. The molecule has 0 saturated carbocycles. The average molecular weight is 220 g/mol. The van der Waals surface area contributed by atoms with E-state index in [1.807, 2.05) is 0 Å². The Bertz CT molecular complexity index is 227. The molecule has 1 aliphatic rings. The van der Waals surface area contributed by atoms with Crippen LogP contribution in [-0.4, -0.2) is 42.9 Å². The molecule has 1 heterocycles. The van der Waals surface area contributed by atoms with Crippen LogP contribution in [0.1, 0.15) is 26.2 Å². The van der Waals surface area contributed by atoms with Crippen molar-refractivity contribution in [3.05, 3.63) is 0 Å². The average Bonchev–Trinajstić information content (AvgIpc) is 2.16. The maximum absolute atomic E-state index is 12.1. The van der Waals surface area contributed by atoms with E-state index in [0.717, 1.165) is 30.7 Å². The van der Waals surface area contributed by atoms with Gasteiger partial charge in [0, 0.05) is 7.05 Å². The Balaban J connectivity index is 2.57.